The fourth-order valence-electron chi connectivity index (χ4n) is 3.20. The van der Waals surface area contributed by atoms with Crippen LogP contribution in [0.5, 0.6) is 0 Å². The molecular formula is C16H20BrN3O. The van der Waals surface area contributed by atoms with Gasteiger partial charge in [-0.15, -0.1) is 0 Å². The van der Waals surface area contributed by atoms with Crippen LogP contribution in [0.1, 0.15) is 36.2 Å². The summed E-state index contributed by atoms with van der Waals surface area (Å²) in [7, 11) is 1.89. The second-order valence-electron chi connectivity index (χ2n) is 5.62. The summed E-state index contributed by atoms with van der Waals surface area (Å²) < 4.78 is 1.80. The number of halogens is 1. The summed E-state index contributed by atoms with van der Waals surface area (Å²) in [6, 6.07) is 8.27. The average molecular weight is 350 g/mol. The molecular weight excluding hydrogens is 330 g/mol. The number of piperidine rings is 1. The number of carbonyl (C=O) groups excluding carboxylic acids is 1. The predicted molar refractivity (Wildman–Crippen MR) is 87.8 cm³/mol. The van der Waals surface area contributed by atoms with Crippen LogP contribution >= 0.6 is 15.9 Å². The maximum atomic E-state index is 12.9. The zero-order chi connectivity index (χ0) is 14.8. The lowest BCUT2D eigenvalue weighted by molar-refractivity contribution is 0.0605. The SMILES string of the molecule is Cn1nc(C(=O)N2CCCCC2CCBr)c2ccccc21. The van der Waals surface area contributed by atoms with E-state index >= 15 is 0 Å². The molecule has 21 heavy (non-hydrogen) atoms. The Labute approximate surface area is 133 Å². The van der Waals surface area contributed by atoms with E-state index in [1.165, 1.54) is 6.42 Å². The van der Waals surface area contributed by atoms with E-state index in [1.807, 2.05) is 36.2 Å². The molecule has 1 saturated heterocycles. The van der Waals surface area contributed by atoms with Crippen molar-refractivity contribution in [1.82, 2.24) is 14.7 Å². The van der Waals surface area contributed by atoms with Crippen LogP contribution in [0, 0.1) is 0 Å². The van der Waals surface area contributed by atoms with Crippen LogP contribution in [-0.4, -0.2) is 38.5 Å². The van der Waals surface area contributed by atoms with E-state index in [-0.39, 0.29) is 5.91 Å². The lowest BCUT2D eigenvalue weighted by Crippen LogP contribution is -2.44. The van der Waals surface area contributed by atoms with Crippen molar-refractivity contribution in [2.24, 2.45) is 7.05 Å². The lowest BCUT2D eigenvalue weighted by Gasteiger charge is -2.35. The Kier molecular flexibility index (Phi) is 4.29. The van der Waals surface area contributed by atoms with Gasteiger partial charge in [-0.05, 0) is 31.7 Å². The summed E-state index contributed by atoms with van der Waals surface area (Å²) in [5.41, 5.74) is 1.60. The Hall–Kier alpha value is -1.36. The fourth-order valence-corrected chi connectivity index (χ4v) is 3.73. The summed E-state index contributed by atoms with van der Waals surface area (Å²) in [6.45, 7) is 0.849. The molecule has 1 fully saturated rings. The largest absolute Gasteiger partial charge is 0.334 e. The summed E-state index contributed by atoms with van der Waals surface area (Å²) in [4.78, 5) is 15.0. The number of likely N-dealkylation sites (tertiary alicyclic amines) is 1. The molecule has 3 rings (SSSR count). The molecule has 1 aliphatic heterocycles. The number of para-hydroxylation sites is 1. The Balaban J connectivity index is 1.95. The molecule has 1 aliphatic rings. The molecule has 0 N–H and O–H groups in total. The molecule has 0 saturated carbocycles. The Morgan fingerprint density at radius 2 is 2.19 bits per heavy atom. The molecule has 0 radical (unpaired) electrons. The van der Waals surface area contributed by atoms with Crippen molar-refractivity contribution in [2.45, 2.75) is 31.7 Å². The standard InChI is InChI=1S/C16H20BrN3O/c1-19-14-8-3-2-7-13(14)15(18-19)16(21)20-11-5-4-6-12(20)9-10-17/h2-3,7-8,12H,4-6,9-11H2,1H3. The minimum atomic E-state index is 0.0810. The number of hydrogen-bond acceptors (Lipinski definition) is 2. The van der Waals surface area contributed by atoms with Crippen LogP contribution in [0.4, 0.5) is 0 Å². The molecule has 1 unspecified atom stereocenters. The van der Waals surface area contributed by atoms with Crippen LogP contribution in [0.25, 0.3) is 10.9 Å². The molecule has 4 nitrogen and oxygen atoms in total. The highest BCUT2D eigenvalue weighted by Crippen LogP contribution is 2.25. The third kappa shape index (κ3) is 2.71. The normalized spacial score (nSPS) is 19.1. The van der Waals surface area contributed by atoms with E-state index in [1.54, 1.807) is 4.68 Å². The van der Waals surface area contributed by atoms with Crippen LogP contribution in [0.15, 0.2) is 24.3 Å². The number of benzene rings is 1. The summed E-state index contributed by atoms with van der Waals surface area (Å²) >= 11 is 3.50. The van der Waals surface area contributed by atoms with Gasteiger partial charge in [-0.3, -0.25) is 9.48 Å². The van der Waals surface area contributed by atoms with Crippen molar-refractivity contribution in [1.29, 1.82) is 0 Å². The number of fused-ring (bicyclic) bond motifs is 1. The first-order valence-corrected chi connectivity index (χ1v) is 8.63. The molecule has 0 bridgehead atoms. The van der Waals surface area contributed by atoms with E-state index in [4.69, 9.17) is 0 Å². The molecule has 1 atom stereocenters. The highest BCUT2D eigenvalue weighted by Gasteiger charge is 2.29. The highest BCUT2D eigenvalue weighted by molar-refractivity contribution is 9.09. The first kappa shape index (κ1) is 14.6. The number of nitrogens with zero attached hydrogens (tertiary/aromatic N) is 3. The van der Waals surface area contributed by atoms with Crippen LogP contribution < -0.4 is 0 Å². The van der Waals surface area contributed by atoms with Crippen LogP contribution in [0.2, 0.25) is 0 Å². The third-order valence-corrected chi connectivity index (χ3v) is 4.75. The van der Waals surface area contributed by atoms with Crippen molar-refractivity contribution in [3.05, 3.63) is 30.0 Å². The molecule has 0 spiro atoms. The van der Waals surface area contributed by atoms with Gasteiger partial charge in [0.15, 0.2) is 5.69 Å². The maximum Gasteiger partial charge on any atom is 0.275 e. The van der Waals surface area contributed by atoms with E-state index in [0.29, 0.717) is 11.7 Å². The quantitative estimate of drug-likeness (QED) is 0.797. The number of aromatic nitrogens is 2. The molecule has 1 aromatic carbocycles. The lowest BCUT2D eigenvalue weighted by atomic mass is 9.99. The number of alkyl halides is 1. The monoisotopic (exact) mass is 349 g/mol. The summed E-state index contributed by atoms with van der Waals surface area (Å²) in [5, 5.41) is 6.36. The Bertz CT molecular complexity index is 650. The van der Waals surface area contributed by atoms with E-state index in [9.17, 15) is 4.79 Å². The third-order valence-electron chi connectivity index (χ3n) is 4.29. The van der Waals surface area contributed by atoms with Gasteiger partial charge in [0.2, 0.25) is 0 Å². The Morgan fingerprint density at radius 3 is 3.00 bits per heavy atom. The minimum absolute atomic E-state index is 0.0810. The first-order valence-electron chi connectivity index (χ1n) is 7.51. The second-order valence-corrected chi connectivity index (χ2v) is 6.41. The van der Waals surface area contributed by atoms with E-state index in [0.717, 1.165) is 42.0 Å². The van der Waals surface area contributed by atoms with Crippen molar-refractivity contribution in [3.63, 3.8) is 0 Å². The van der Waals surface area contributed by atoms with Gasteiger partial charge in [-0.2, -0.15) is 5.10 Å². The van der Waals surface area contributed by atoms with Gasteiger partial charge in [-0.1, -0.05) is 34.1 Å². The van der Waals surface area contributed by atoms with Crippen LogP contribution in [0.3, 0.4) is 0 Å². The van der Waals surface area contributed by atoms with E-state index in [2.05, 4.69) is 21.0 Å². The molecule has 2 aromatic rings. The van der Waals surface area contributed by atoms with E-state index < -0.39 is 0 Å². The second kappa shape index (κ2) is 6.18. The van der Waals surface area contributed by atoms with Crippen molar-refractivity contribution in [3.8, 4) is 0 Å². The van der Waals surface area contributed by atoms with Gasteiger partial charge < -0.3 is 4.90 Å². The topological polar surface area (TPSA) is 38.1 Å². The first-order chi connectivity index (χ1) is 10.2. The minimum Gasteiger partial charge on any atom is -0.334 e. The van der Waals surface area contributed by atoms with Gasteiger partial charge in [0.1, 0.15) is 0 Å². The molecule has 5 heteroatoms. The smallest absolute Gasteiger partial charge is 0.275 e. The predicted octanol–water partition coefficient (Wildman–Crippen LogP) is 3.35. The molecule has 0 aliphatic carbocycles. The number of aryl methyl sites for hydroxylation is 1. The number of rotatable bonds is 3. The van der Waals surface area contributed by atoms with Gasteiger partial charge in [0, 0.05) is 30.4 Å². The summed E-state index contributed by atoms with van der Waals surface area (Å²) in [5.74, 6) is 0.0810. The zero-order valence-corrected chi connectivity index (χ0v) is 13.8. The van der Waals surface area contributed by atoms with Crippen molar-refractivity contribution >= 4 is 32.7 Å². The Morgan fingerprint density at radius 1 is 1.38 bits per heavy atom. The number of amides is 1. The number of hydrogen-bond donors (Lipinski definition) is 0. The molecule has 2 heterocycles. The number of carbonyl (C=O) groups is 1. The molecule has 112 valence electrons. The zero-order valence-electron chi connectivity index (χ0n) is 12.3. The maximum absolute atomic E-state index is 12.9. The van der Waals surface area contributed by atoms with Crippen molar-refractivity contribution < 1.29 is 4.79 Å². The van der Waals surface area contributed by atoms with Gasteiger partial charge in [0.25, 0.3) is 5.91 Å². The van der Waals surface area contributed by atoms with Crippen LogP contribution in [-0.2, 0) is 7.05 Å². The van der Waals surface area contributed by atoms with Crippen molar-refractivity contribution in [2.75, 3.05) is 11.9 Å². The van der Waals surface area contributed by atoms with Gasteiger partial charge >= 0.3 is 0 Å². The summed E-state index contributed by atoms with van der Waals surface area (Å²) in [6.07, 6.45) is 4.41. The average Bonchev–Trinajstić information content (AvgIpc) is 2.85. The van der Waals surface area contributed by atoms with Gasteiger partial charge in [0.05, 0.1) is 5.52 Å². The van der Waals surface area contributed by atoms with Gasteiger partial charge in [-0.25, -0.2) is 0 Å². The fraction of sp³-hybridized carbons (Fsp3) is 0.500. The molecule has 1 aromatic heterocycles. The molecule has 1 amide bonds. The highest BCUT2D eigenvalue weighted by atomic mass is 79.9.